The van der Waals surface area contributed by atoms with Gasteiger partial charge >= 0.3 is 17.1 Å². The number of rotatable bonds is 6. The van der Waals surface area contributed by atoms with E-state index in [0.717, 1.165) is 21.5 Å². The summed E-state index contributed by atoms with van der Waals surface area (Å²) in [7, 11) is 2.19. The van der Waals surface area contributed by atoms with Crippen molar-refractivity contribution in [3.05, 3.63) is 59.7 Å². The van der Waals surface area contributed by atoms with Crippen LogP contribution in [0.4, 0.5) is 0 Å². The van der Waals surface area contributed by atoms with Gasteiger partial charge in [-0.2, -0.15) is 0 Å². The van der Waals surface area contributed by atoms with E-state index in [0.29, 0.717) is 0 Å². The summed E-state index contributed by atoms with van der Waals surface area (Å²) < 4.78 is 22.3. The molecule has 0 N–H and O–H groups in total. The molecule has 26 heavy (non-hydrogen) atoms. The summed E-state index contributed by atoms with van der Waals surface area (Å²) in [4.78, 5) is 0. The summed E-state index contributed by atoms with van der Waals surface area (Å²) >= 11 is 0. The lowest BCUT2D eigenvalue weighted by Crippen LogP contribution is -2.49. The Bertz CT molecular complexity index is 703. The van der Waals surface area contributed by atoms with Gasteiger partial charge in [0.2, 0.25) is 0 Å². The maximum Gasteiger partial charge on any atom is 0.368 e. The maximum atomic E-state index is 5.56. The first-order chi connectivity index (χ1) is 12.4. The molecule has 138 valence electrons. The molecule has 0 unspecified atom stereocenters. The quantitative estimate of drug-likeness (QED) is 0.564. The molecule has 0 aliphatic heterocycles. The predicted molar refractivity (Wildman–Crippen MR) is 109 cm³/mol. The second-order valence-corrected chi connectivity index (χ2v) is 12.7. The Morgan fingerprint density at radius 3 is 1.04 bits per heavy atom. The summed E-state index contributed by atoms with van der Waals surface area (Å²) in [5, 5.41) is 2.17. The molecule has 2 aromatic rings. The zero-order valence-corrected chi connectivity index (χ0v) is 18.3. The van der Waals surface area contributed by atoms with E-state index in [2.05, 4.69) is 11.8 Å². The van der Waals surface area contributed by atoms with E-state index < -0.39 is 17.1 Å². The van der Waals surface area contributed by atoms with Crippen molar-refractivity contribution in [1.29, 1.82) is 0 Å². The largest absolute Gasteiger partial charge is 0.394 e. The molecule has 2 rings (SSSR count). The zero-order valence-electron chi connectivity index (χ0n) is 16.3. The fraction of sp³-hybridized carbons (Fsp3) is 0.300. The van der Waals surface area contributed by atoms with Crippen molar-refractivity contribution < 1.29 is 17.7 Å². The molecule has 0 radical (unpaired) electrons. The average Bonchev–Trinajstić information content (AvgIpc) is 2.71. The first kappa shape index (κ1) is 20.6. The lowest BCUT2D eigenvalue weighted by atomic mass is 10.2. The first-order valence-corrected chi connectivity index (χ1v) is 13.0. The lowest BCUT2D eigenvalue weighted by Gasteiger charge is -2.23. The Kier molecular flexibility index (Phi) is 6.95. The third kappa shape index (κ3) is 4.51. The summed E-state index contributed by atoms with van der Waals surface area (Å²) in [5.74, 6) is 6.39. The van der Waals surface area contributed by atoms with E-state index in [4.69, 9.17) is 17.7 Å². The molecule has 6 heteroatoms. The highest BCUT2D eigenvalue weighted by Gasteiger charge is 2.32. The number of hydrogen-bond donors (Lipinski definition) is 0. The Hall–Kier alpha value is -1.73. The fourth-order valence-corrected chi connectivity index (χ4v) is 5.32. The molecule has 0 fully saturated rings. The topological polar surface area (TPSA) is 36.9 Å². The highest BCUT2D eigenvalue weighted by Crippen LogP contribution is 2.08. The van der Waals surface area contributed by atoms with Crippen LogP contribution in [0.2, 0.25) is 13.1 Å². The number of hydrogen-bond acceptors (Lipinski definition) is 4. The highest BCUT2D eigenvalue weighted by molar-refractivity contribution is 6.80. The molecule has 0 aromatic heterocycles. The Morgan fingerprint density at radius 1 is 0.538 bits per heavy atom. The summed E-state index contributed by atoms with van der Waals surface area (Å²) in [5.41, 5.74) is 1.91. The zero-order chi connectivity index (χ0) is 19.2. The van der Waals surface area contributed by atoms with Crippen LogP contribution < -0.4 is 10.4 Å². The van der Waals surface area contributed by atoms with Gasteiger partial charge < -0.3 is 17.7 Å². The van der Waals surface area contributed by atoms with Crippen LogP contribution in [0.3, 0.4) is 0 Å². The molecular weight excluding hydrogens is 360 g/mol. The van der Waals surface area contributed by atoms with E-state index >= 15 is 0 Å². The van der Waals surface area contributed by atoms with Crippen molar-refractivity contribution in [3.8, 4) is 11.8 Å². The van der Waals surface area contributed by atoms with Gasteiger partial charge in [0, 0.05) is 39.6 Å². The van der Waals surface area contributed by atoms with Gasteiger partial charge in [-0.1, -0.05) is 36.1 Å². The molecule has 0 amide bonds. The van der Waals surface area contributed by atoms with Crippen LogP contribution in [0.15, 0.2) is 48.5 Å². The normalized spacial score (nSPS) is 11.8. The van der Waals surface area contributed by atoms with E-state index in [9.17, 15) is 0 Å². The Labute approximate surface area is 158 Å². The van der Waals surface area contributed by atoms with Gasteiger partial charge in [0.15, 0.2) is 0 Å². The smallest absolute Gasteiger partial charge is 0.368 e. The Balaban J connectivity index is 2.17. The molecule has 0 aliphatic carbocycles. The van der Waals surface area contributed by atoms with Gasteiger partial charge in [0.1, 0.15) is 0 Å². The van der Waals surface area contributed by atoms with E-state index in [1.54, 1.807) is 28.4 Å². The minimum atomic E-state index is -2.28. The minimum absolute atomic E-state index is 0.953. The molecule has 0 heterocycles. The van der Waals surface area contributed by atoms with Gasteiger partial charge in [0.05, 0.1) is 0 Å². The average molecular weight is 387 g/mol. The summed E-state index contributed by atoms with van der Waals surface area (Å²) in [6, 6.07) is 16.1. The SMILES string of the molecule is CO[Si](C)(OC)c1ccc(C#Cc2ccc([Si](C)(OC)OC)cc2)cc1. The second-order valence-electron chi connectivity index (χ2n) is 6.11. The molecule has 0 aliphatic rings. The maximum absolute atomic E-state index is 5.56. The van der Waals surface area contributed by atoms with Crippen LogP contribution in [0, 0.1) is 11.8 Å². The first-order valence-electron chi connectivity index (χ1n) is 8.34. The molecule has 0 saturated heterocycles. The number of benzene rings is 2. The van der Waals surface area contributed by atoms with Crippen molar-refractivity contribution in [2.75, 3.05) is 28.4 Å². The summed E-state index contributed by atoms with van der Waals surface area (Å²) in [6.07, 6.45) is 0. The molecule has 2 aromatic carbocycles. The van der Waals surface area contributed by atoms with Crippen LogP contribution in [0.25, 0.3) is 0 Å². The second kappa shape index (κ2) is 8.78. The standard InChI is InChI=1S/C20H26O4Si2/c1-21-25(5,22-2)19-13-9-17(10-14-19)7-8-18-11-15-20(16-12-18)26(6,23-3)24-4/h9-16H,1-6H3. The van der Waals surface area contributed by atoms with E-state index in [1.807, 2.05) is 61.6 Å². The van der Waals surface area contributed by atoms with E-state index in [1.165, 1.54) is 0 Å². The molecule has 0 atom stereocenters. The molecule has 0 bridgehead atoms. The van der Waals surface area contributed by atoms with Gasteiger partial charge in [-0.3, -0.25) is 0 Å². The predicted octanol–water partition coefficient (Wildman–Crippen LogP) is 2.23. The van der Waals surface area contributed by atoms with Crippen molar-refractivity contribution >= 4 is 27.5 Å². The fourth-order valence-electron chi connectivity index (χ4n) is 2.50. The van der Waals surface area contributed by atoms with Crippen molar-refractivity contribution in [2.45, 2.75) is 13.1 Å². The van der Waals surface area contributed by atoms with Crippen molar-refractivity contribution in [1.82, 2.24) is 0 Å². The van der Waals surface area contributed by atoms with Crippen LogP contribution >= 0.6 is 0 Å². The van der Waals surface area contributed by atoms with Crippen LogP contribution in [-0.2, 0) is 17.7 Å². The monoisotopic (exact) mass is 386 g/mol. The Morgan fingerprint density at radius 2 is 0.808 bits per heavy atom. The van der Waals surface area contributed by atoms with Gasteiger partial charge in [-0.05, 0) is 47.7 Å². The third-order valence-electron chi connectivity index (χ3n) is 4.73. The molecule has 0 saturated carbocycles. The van der Waals surface area contributed by atoms with Gasteiger partial charge in [-0.25, -0.2) is 0 Å². The van der Waals surface area contributed by atoms with E-state index in [-0.39, 0.29) is 0 Å². The summed E-state index contributed by atoms with van der Waals surface area (Å²) in [6.45, 7) is 4.04. The highest BCUT2D eigenvalue weighted by atomic mass is 28.4. The van der Waals surface area contributed by atoms with Crippen LogP contribution in [0.1, 0.15) is 11.1 Å². The van der Waals surface area contributed by atoms with Gasteiger partial charge in [0.25, 0.3) is 0 Å². The van der Waals surface area contributed by atoms with Gasteiger partial charge in [-0.15, -0.1) is 0 Å². The third-order valence-corrected chi connectivity index (χ3v) is 10.6. The minimum Gasteiger partial charge on any atom is -0.394 e. The van der Waals surface area contributed by atoms with Crippen LogP contribution in [-0.4, -0.2) is 45.6 Å². The van der Waals surface area contributed by atoms with Crippen molar-refractivity contribution in [3.63, 3.8) is 0 Å². The molecule has 0 spiro atoms. The van der Waals surface area contributed by atoms with Crippen LogP contribution in [0.5, 0.6) is 0 Å². The molecule has 4 nitrogen and oxygen atoms in total. The lowest BCUT2D eigenvalue weighted by molar-refractivity contribution is 0.265. The van der Waals surface area contributed by atoms with Crippen molar-refractivity contribution in [2.24, 2.45) is 0 Å². The molecular formula is C20H26O4Si2.